The zero-order valence-electron chi connectivity index (χ0n) is 8.39. The predicted octanol–water partition coefficient (Wildman–Crippen LogP) is 1.17. The minimum Gasteiger partial charge on any atom is -0.386 e. The van der Waals surface area contributed by atoms with E-state index in [0.29, 0.717) is 6.04 Å². The molecule has 0 spiro atoms. The maximum absolute atomic E-state index is 10.7. The Balaban J connectivity index is 2.24. The molecule has 3 nitrogen and oxygen atoms in total. The molecule has 1 fully saturated rings. The van der Waals surface area contributed by atoms with Gasteiger partial charge in [0.1, 0.15) is 0 Å². The summed E-state index contributed by atoms with van der Waals surface area (Å²) < 4.78 is 0. The zero-order chi connectivity index (χ0) is 9.84. The van der Waals surface area contributed by atoms with Gasteiger partial charge >= 0.3 is 0 Å². The summed E-state index contributed by atoms with van der Waals surface area (Å²) in [7, 11) is 0. The smallest absolute Gasteiger partial charge is 0.217 e. The van der Waals surface area contributed by atoms with Crippen LogP contribution in [-0.2, 0) is 4.79 Å². The van der Waals surface area contributed by atoms with E-state index in [1.807, 2.05) is 6.92 Å². The molecule has 1 amide bonds. The first-order valence-corrected chi connectivity index (χ1v) is 4.79. The summed E-state index contributed by atoms with van der Waals surface area (Å²) in [4.78, 5) is 10.7. The van der Waals surface area contributed by atoms with Crippen molar-refractivity contribution in [3.63, 3.8) is 0 Å². The van der Waals surface area contributed by atoms with Gasteiger partial charge in [-0.3, -0.25) is 4.79 Å². The van der Waals surface area contributed by atoms with Crippen LogP contribution in [0.2, 0.25) is 0 Å². The van der Waals surface area contributed by atoms with Gasteiger partial charge in [-0.05, 0) is 26.2 Å². The third kappa shape index (κ3) is 3.49. The number of allylic oxidation sites excluding steroid dienone is 1. The number of hydrogen-bond donors (Lipinski definition) is 2. The van der Waals surface area contributed by atoms with Gasteiger partial charge in [0.15, 0.2) is 0 Å². The molecule has 0 bridgehead atoms. The molecule has 0 aliphatic carbocycles. The van der Waals surface area contributed by atoms with E-state index in [2.05, 4.69) is 17.2 Å². The second-order valence-corrected chi connectivity index (χ2v) is 3.82. The van der Waals surface area contributed by atoms with Crippen LogP contribution in [-0.4, -0.2) is 18.0 Å². The van der Waals surface area contributed by atoms with Crippen LogP contribution in [0.15, 0.2) is 12.3 Å². The van der Waals surface area contributed by atoms with E-state index < -0.39 is 0 Å². The zero-order valence-corrected chi connectivity index (χ0v) is 8.39. The predicted molar refractivity (Wildman–Crippen MR) is 53.2 cm³/mol. The van der Waals surface area contributed by atoms with Crippen molar-refractivity contribution in [3.8, 4) is 0 Å². The third-order valence-electron chi connectivity index (χ3n) is 2.29. The van der Waals surface area contributed by atoms with Gasteiger partial charge < -0.3 is 10.6 Å². The highest BCUT2D eigenvalue weighted by molar-refractivity contribution is 5.73. The molecule has 1 rings (SSSR count). The summed E-state index contributed by atoms with van der Waals surface area (Å²) in [6.45, 7) is 7.46. The second-order valence-electron chi connectivity index (χ2n) is 3.82. The third-order valence-corrected chi connectivity index (χ3v) is 2.29. The second kappa shape index (κ2) is 4.30. The van der Waals surface area contributed by atoms with E-state index in [9.17, 15) is 4.79 Å². The molecular formula is C10H18N2O. The van der Waals surface area contributed by atoms with E-state index in [4.69, 9.17) is 0 Å². The molecule has 1 unspecified atom stereocenters. The van der Waals surface area contributed by atoms with Crippen molar-refractivity contribution >= 4 is 5.91 Å². The minimum absolute atomic E-state index is 0.0457. The molecule has 0 aromatic rings. The summed E-state index contributed by atoms with van der Waals surface area (Å²) in [5, 5.41) is 6.19. The Morgan fingerprint density at radius 2 is 2.54 bits per heavy atom. The monoisotopic (exact) mass is 182 g/mol. The van der Waals surface area contributed by atoms with Crippen LogP contribution in [0.5, 0.6) is 0 Å². The Labute approximate surface area is 79.6 Å². The summed E-state index contributed by atoms with van der Waals surface area (Å²) in [5.41, 5.74) is 1.13. The van der Waals surface area contributed by atoms with Gasteiger partial charge in [0, 0.05) is 24.7 Å². The van der Waals surface area contributed by atoms with Crippen LogP contribution in [0.25, 0.3) is 0 Å². The minimum atomic E-state index is 0.0457. The quantitative estimate of drug-likeness (QED) is 0.688. The molecule has 1 saturated heterocycles. The SMILES string of the molecule is C=C1CC[C@H](CC(C)NC(C)=O)N1. The molecular weight excluding hydrogens is 164 g/mol. The maximum atomic E-state index is 10.7. The van der Waals surface area contributed by atoms with Gasteiger partial charge in [-0.1, -0.05) is 6.58 Å². The molecule has 0 saturated carbocycles. The molecule has 0 aromatic heterocycles. The normalized spacial score (nSPS) is 23.8. The molecule has 1 heterocycles. The van der Waals surface area contributed by atoms with Gasteiger partial charge in [0.05, 0.1) is 0 Å². The standard InChI is InChI=1S/C10H18N2O/c1-7-4-5-10(12-7)6-8(2)11-9(3)13/h8,10,12H,1,4-6H2,2-3H3,(H,11,13)/t8?,10-/m1/s1. The number of hydrogen-bond acceptors (Lipinski definition) is 2. The van der Waals surface area contributed by atoms with Crippen molar-refractivity contribution in [1.82, 2.24) is 10.6 Å². The van der Waals surface area contributed by atoms with Crippen molar-refractivity contribution in [2.45, 2.75) is 45.2 Å². The topological polar surface area (TPSA) is 41.1 Å². The van der Waals surface area contributed by atoms with E-state index in [-0.39, 0.29) is 11.9 Å². The lowest BCUT2D eigenvalue weighted by Gasteiger charge is -2.17. The Bertz CT molecular complexity index is 213. The first-order valence-electron chi connectivity index (χ1n) is 4.79. The largest absolute Gasteiger partial charge is 0.386 e. The highest BCUT2D eigenvalue weighted by Crippen LogP contribution is 2.17. The van der Waals surface area contributed by atoms with Gasteiger partial charge in [-0.15, -0.1) is 0 Å². The number of amides is 1. The molecule has 3 heteroatoms. The first-order chi connectivity index (χ1) is 6.08. The molecule has 74 valence electrons. The molecule has 2 atom stereocenters. The summed E-state index contributed by atoms with van der Waals surface area (Å²) in [5.74, 6) is 0.0457. The number of rotatable bonds is 3. The average Bonchev–Trinajstić information content (AvgIpc) is 2.33. The van der Waals surface area contributed by atoms with Crippen LogP contribution < -0.4 is 10.6 Å². The lowest BCUT2D eigenvalue weighted by Crippen LogP contribution is -2.35. The van der Waals surface area contributed by atoms with Crippen molar-refractivity contribution in [1.29, 1.82) is 0 Å². The highest BCUT2D eigenvalue weighted by atomic mass is 16.1. The van der Waals surface area contributed by atoms with Gasteiger partial charge in [-0.25, -0.2) is 0 Å². The van der Waals surface area contributed by atoms with E-state index in [1.54, 1.807) is 6.92 Å². The van der Waals surface area contributed by atoms with Gasteiger partial charge in [0.2, 0.25) is 5.91 Å². The van der Waals surface area contributed by atoms with Crippen molar-refractivity contribution in [2.75, 3.05) is 0 Å². The van der Waals surface area contributed by atoms with Crippen LogP contribution in [0.3, 0.4) is 0 Å². The number of carbonyl (C=O) groups excluding carboxylic acids is 1. The maximum Gasteiger partial charge on any atom is 0.217 e. The van der Waals surface area contributed by atoms with Crippen molar-refractivity contribution in [2.24, 2.45) is 0 Å². The lowest BCUT2D eigenvalue weighted by molar-refractivity contribution is -0.119. The summed E-state index contributed by atoms with van der Waals surface area (Å²) in [6.07, 6.45) is 3.19. The lowest BCUT2D eigenvalue weighted by atomic mass is 10.1. The Hall–Kier alpha value is -0.990. The van der Waals surface area contributed by atoms with Crippen LogP contribution >= 0.6 is 0 Å². The van der Waals surface area contributed by atoms with Gasteiger partial charge in [-0.2, -0.15) is 0 Å². The number of nitrogens with one attached hydrogen (secondary N) is 2. The van der Waals surface area contributed by atoms with E-state index >= 15 is 0 Å². The first kappa shape index (κ1) is 10.1. The van der Waals surface area contributed by atoms with Crippen LogP contribution in [0.4, 0.5) is 0 Å². The molecule has 13 heavy (non-hydrogen) atoms. The fourth-order valence-electron chi connectivity index (χ4n) is 1.79. The molecule has 2 N–H and O–H groups in total. The Kier molecular flexibility index (Phi) is 3.34. The molecule has 0 radical (unpaired) electrons. The molecule has 0 aromatic carbocycles. The Morgan fingerprint density at radius 3 is 3.00 bits per heavy atom. The molecule has 1 aliphatic heterocycles. The Morgan fingerprint density at radius 1 is 1.85 bits per heavy atom. The fourth-order valence-corrected chi connectivity index (χ4v) is 1.79. The average molecular weight is 182 g/mol. The number of carbonyl (C=O) groups is 1. The van der Waals surface area contributed by atoms with Crippen LogP contribution in [0.1, 0.15) is 33.1 Å². The summed E-state index contributed by atoms with van der Waals surface area (Å²) >= 11 is 0. The highest BCUT2D eigenvalue weighted by Gasteiger charge is 2.19. The van der Waals surface area contributed by atoms with Crippen LogP contribution in [0, 0.1) is 0 Å². The molecule has 1 aliphatic rings. The fraction of sp³-hybridized carbons (Fsp3) is 0.700. The van der Waals surface area contributed by atoms with E-state index in [1.165, 1.54) is 0 Å². The summed E-state index contributed by atoms with van der Waals surface area (Å²) in [6, 6.07) is 0.746. The van der Waals surface area contributed by atoms with Gasteiger partial charge in [0.25, 0.3) is 0 Å². The van der Waals surface area contributed by atoms with Crippen molar-refractivity contribution in [3.05, 3.63) is 12.3 Å². The van der Waals surface area contributed by atoms with E-state index in [0.717, 1.165) is 25.0 Å². The van der Waals surface area contributed by atoms with Crippen molar-refractivity contribution < 1.29 is 4.79 Å².